The minimum Gasteiger partial charge on any atom is -0.0954 e. The molecule has 0 aliphatic carbocycles. The summed E-state index contributed by atoms with van der Waals surface area (Å²) in [5.41, 5.74) is 4.06. The van der Waals surface area contributed by atoms with Crippen molar-refractivity contribution in [3.8, 4) is 0 Å². The average Bonchev–Trinajstić information content (AvgIpc) is 2.83. The Labute approximate surface area is 82.7 Å². The number of benzene rings is 1. The fourth-order valence-electron chi connectivity index (χ4n) is 1.75. The number of rotatable bonds is 2. The summed E-state index contributed by atoms with van der Waals surface area (Å²) in [5, 5.41) is 1.72. The molecule has 0 bridgehead atoms. The van der Waals surface area contributed by atoms with Crippen LogP contribution in [0.1, 0.15) is 5.56 Å². The molecule has 0 amide bonds. The summed E-state index contributed by atoms with van der Waals surface area (Å²) >= 11 is 0. The predicted octanol–water partition coefficient (Wildman–Crippen LogP) is 2.81. The zero-order valence-corrected chi connectivity index (χ0v) is 10.7. The van der Waals surface area contributed by atoms with E-state index in [4.69, 9.17) is 0 Å². The lowest BCUT2D eigenvalue weighted by molar-refractivity contribution is 1.66. The van der Waals surface area contributed by atoms with Crippen LogP contribution in [-0.2, 0) is 0 Å². The third-order valence-corrected chi connectivity index (χ3v) is 13.0. The van der Waals surface area contributed by atoms with Gasteiger partial charge in [-0.2, -0.15) is 0 Å². The van der Waals surface area contributed by atoms with Crippen LogP contribution in [-0.4, -0.2) is 15.9 Å². The van der Waals surface area contributed by atoms with Crippen molar-refractivity contribution >= 4 is 21.1 Å². The molecule has 1 aliphatic rings. The molecule has 0 aromatic heterocycles. The largest absolute Gasteiger partial charge is 0.0954 e. The van der Waals surface area contributed by atoms with Gasteiger partial charge in [-0.15, -0.1) is 0 Å². The van der Waals surface area contributed by atoms with Crippen molar-refractivity contribution in [3.63, 3.8) is 0 Å². The van der Waals surface area contributed by atoms with Gasteiger partial charge in [0.2, 0.25) is 0 Å². The van der Waals surface area contributed by atoms with Crippen molar-refractivity contribution in [1.29, 1.82) is 0 Å². The zero-order valence-electron chi connectivity index (χ0n) is 8.54. The van der Waals surface area contributed by atoms with E-state index < -0.39 is 15.9 Å². The van der Waals surface area contributed by atoms with Crippen molar-refractivity contribution in [2.24, 2.45) is 0 Å². The van der Waals surface area contributed by atoms with E-state index in [0.29, 0.717) is 0 Å². The Morgan fingerprint density at radius 2 is 1.62 bits per heavy atom. The van der Waals surface area contributed by atoms with Crippen LogP contribution in [0.4, 0.5) is 0 Å². The fraction of sp³-hybridized carbons (Fsp3) is 0.273. The van der Waals surface area contributed by atoms with Crippen LogP contribution < -0.4 is 0 Å². The zero-order chi connectivity index (χ0) is 9.47. The Morgan fingerprint density at radius 1 is 1.00 bits per heavy atom. The molecular formula is C11H16Si2. The molecule has 2 rings (SSSR count). The molecule has 0 radical (unpaired) electrons. The summed E-state index contributed by atoms with van der Waals surface area (Å²) in [6.07, 6.45) is 0. The van der Waals surface area contributed by atoms with Crippen LogP contribution in [0.15, 0.2) is 36.0 Å². The van der Waals surface area contributed by atoms with Gasteiger partial charge in [-0.1, -0.05) is 60.9 Å². The molecule has 0 saturated carbocycles. The van der Waals surface area contributed by atoms with Gasteiger partial charge in [0, 0.05) is 7.59 Å². The molecule has 1 aliphatic heterocycles. The van der Waals surface area contributed by atoms with E-state index in [1.807, 2.05) is 0 Å². The fourth-order valence-corrected chi connectivity index (χ4v) is 10.4. The molecule has 0 fully saturated rings. The van der Waals surface area contributed by atoms with Gasteiger partial charge in [0.25, 0.3) is 0 Å². The summed E-state index contributed by atoms with van der Waals surface area (Å²) in [7, 11) is -1.34. The van der Waals surface area contributed by atoms with Crippen molar-refractivity contribution in [3.05, 3.63) is 41.6 Å². The van der Waals surface area contributed by atoms with Crippen LogP contribution in [0.3, 0.4) is 0 Å². The molecule has 1 aromatic rings. The Bertz CT molecular complexity index is 333. The van der Waals surface area contributed by atoms with Gasteiger partial charge >= 0.3 is 0 Å². The maximum absolute atomic E-state index is 2.57. The molecule has 1 aromatic carbocycles. The highest BCUT2D eigenvalue weighted by Gasteiger charge is 2.38. The monoisotopic (exact) mass is 204 g/mol. The lowest BCUT2D eigenvalue weighted by Crippen LogP contribution is -2.34. The van der Waals surface area contributed by atoms with Crippen LogP contribution in [0.25, 0.3) is 5.20 Å². The third-order valence-electron chi connectivity index (χ3n) is 2.61. The first-order valence-corrected chi connectivity index (χ1v) is 11.4. The molecule has 0 spiro atoms. The Balaban J connectivity index is 2.13. The van der Waals surface area contributed by atoms with E-state index in [0.717, 1.165) is 0 Å². The minimum absolute atomic E-state index is 0.520. The molecule has 1 unspecified atom stereocenters. The van der Waals surface area contributed by atoms with Gasteiger partial charge in [0.1, 0.15) is 0 Å². The van der Waals surface area contributed by atoms with Crippen molar-refractivity contribution in [2.45, 2.75) is 19.6 Å². The summed E-state index contributed by atoms with van der Waals surface area (Å²) in [5.74, 6) is 0. The van der Waals surface area contributed by atoms with Crippen molar-refractivity contribution < 1.29 is 0 Å². The topological polar surface area (TPSA) is 0 Å². The van der Waals surface area contributed by atoms with Gasteiger partial charge in [0.15, 0.2) is 0 Å². The SMILES string of the molecule is C[Si](C)(C)[SiH]1C=C1c1ccccc1. The summed E-state index contributed by atoms with van der Waals surface area (Å²) in [6.45, 7) is 7.49. The van der Waals surface area contributed by atoms with E-state index >= 15 is 0 Å². The molecule has 68 valence electrons. The maximum Gasteiger partial charge on any atom is 0.0864 e. The van der Waals surface area contributed by atoms with E-state index in [1.165, 1.54) is 5.56 Å². The van der Waals surface area contributed by atoms with Crippen LogP contribution in [0, 0.1) is 0 Å². The molecule has 1 heterocycles. The Hall–Kier alpha value is -0.606. The highest BCUT2D eigenvalue weighted by atomic mass is 29.2. The van der Waals surface area contributed by atoms with Gasteiger partial charge in [0.05, 0.1) is 8.31 Å². The lowest BCUT2D eigenvalue weighted by Gasteiger charge is -2.14. The maximum atomic E-state index is 2.57. The summed E-state index contributed by atoms with van der Waals surface area (Å²) in [4.78, 5) is 0. The van der Waals surface area contributed by atoms with Crippen LogP contribution in [0.2, 0.25) is 19.6 Å². The quantitative estimate of drug-likeness (QED) is 0.650. The van der Waals surface area contributed by atoms with E-state index in [2.05, 4.69) is 55.7 Å². The highest BCUT2D eigenvalue weighted by molar-refractivity contribution is 7.45. The van der Waals surface area contributed by atoms with E-state index in [-0.39, 0.29) is 0 Å². The number of hydrogen-bond acceptors (Lipinski definition) is 0. The molecule has 0 saturated heterocycles. The van der Waals surface area contributed by atoms with Crippen molar-refractivity contribution in [2.75, 3.05) is 0 Å². The third kappa shape index (κ3) is 1.84. The van der Waals surface area contributed by atoms with Crippen LogP contribution in [0.5, 0.6) is 0 Å². The molecular weight excluding hydrogens is 188 g/mol. The second-order valence-electron chi connectivity index (χ2n) is 4.83. The number of hydrogen-bond donors (Lipinski definition) is 0. The predicted molar refractivity (Wildman–Crippen MR) is 64.9 cm³/mol. The molecule has 0 nitrogen and oxygen atoms in total. The van der Waals surface area contributed by atoms with Gasteiger partial charge < -0.3 is 0 Å². The first-order chi connectivity index (χ1) is 6.09. The van der Waals surface area contributed by atoms with E-state index in [1.54, 1.807) is 5.20 Å². The lowest BCUT2D eigenvalue weighted by atomic mass is 10.2. The molecule has 0 N–H and O–H groups in total. The first kappa shape index (κ1) is 8.97. The highest BCUT2D eigenvalue weighted by Crippen LogP contribution is 2.35. The molecule has 1 atom stereocenters. The Kier molecular flexibility index (Phi) is 2.04. The van der Waals surface area contributed by atoms with Gasteiger partial charge in [-0.3, -0.25) is 0 Å². The van der Waals surface area contributed by atoms with Gasteiger partial charge in [-0.05, 0) is 5.56 Å². The molecule has 13 heavy (non-hydrogen) atoms. The van der Waals surface area contributed by atoms with Gasteiger partial charge in [-0.25, -0.2) is 0 Å². The smallest absolute Gasteiger partial charge is 0.0864 e. The van der Waals surface area contributed by atoms with Crippen LogP contribution >= 0.6 is 0 Å². The minimum atomic E-state index is -0.823. The normalized spacial score (nSPS) is 21.2. The first-order valence-electron chi connectivity index (χ1n) is 4.86. The Morgan fingerprint density at radius 3 is 2.08 bits per heavy atom. The second kappa shape index (κ2) is 2.96. The van der Waals surface area contributed by atoms with E-state index in [9.17, 15) is 0 Å². The summed E-state index contributed by atoms with van der Waals surface area (Å²) < 4.78 is 0. The standard InChI is InChI=1S/C11H16Si2/c1-13(2,3)12-9-11(12)10-7-5-4-6-8-10/h4-9,12H,1-3H3. The second-order valence-corrected chi connectivity index (χ2v) is 18.5. The van der Waals surface area contributed by atoms with Crippen molar-refractivity contribution in [1.82, 2.24) is 0 Å². The summed E-state index contributed by atoms with van der Waals surface area (Å²) in [6, 6.07) is 10.9. The molecule has 2 heteroatoms. The average molecular weight is 204 g/mol.